The molecule has 0 aromatic carbocycles. The number of hydrogen-bond acceptors (Lipinski definition) is 4. The van der Waals surface area contributed by atoms with Gasteiger partial charge in [0.25, 0.3) is 5.56 Å². The van der Waals surface area contributed by atoms with E-state index in [0.29, 0.717) is 0 Å². The third kappa shape index (κ3) is 2.26. The lowest BCUT2D eigenvalue weighted by Crippen LogP contribution is -2.38. The van der Waals surface area contributed by atoms with E-state index in [0.717, 1.165) is 6.42 Å². The molecule has 1 heterocycles. The van der Waals surface area contributed by atoms with Crippen LogP contribution in [0.2, 0.25) is 0 Å². The fourth-order valence-corrected chi connectivity index (χ4v) is 1.18. The van der Waals surface area contributed by atoms with Crippen molar-refractivity contribution in [2.75, 3.05) is 11.1 Å². The molecule has 0 amide bonds. The van der Waals surface area contributed by atoms with Crippen molar-refractivity contribution in [2.45, 2.75) is 32.7 Å². The van der Waals surface area contributed by atoms with Crippen LogP contribution >= 0.6 is 0 Å². The van der Waals surface area contributed by atoms with Crippen molar-refractivity contribution >= 4 is 11.5 Å². The third-order valence-corrected chi connectivity index (χ3v) is 2.72. The predicted molar refractivity (Wildman–Crippen MR) is 64.7 cm³/mol. The van der Waals surface area contributed by atoms with E-state index in [1.165, 1.54) is 11.6 Å². The van der Waals surface area contributed by atoms with Crippen molar-refractivity contribution in [3.8, 4) is 0 Å². The number of aromatic nitrogens is 2. The van der Waals surface area contributed by atoms with Crippen molar-refractivity contribution in [3.63, 3.8) is 0 Å². The van der Waals surface area contributed by atoms with Crippen molar-refractivity contribution in [1.82, 2.24) is 9.55 Å². The Morgan fingerprint density at radius 1 is 1.44 bits per heavy atom. The highest BCUT2D eigenvalue weighted by Gasteiger charge is 2.19. The maximum Gasteiger partial charge on any atom is 0.329 e. The van der Waals surface area contributed by atoms with E-state index in [-0.39, 0.29) is 17.0 Å². The molecule has 0 radical (unpaired) electrons. The summed E-state index contributed by atoms with van der Waals surface area (Å²) in [6.07, 6.45) is 0.828. The highest BCUT2D eigenvalue weighted by molar-refractivity contribution is 5.61. The minimum Gasteiger partial charge on any atom is -0.383 e. The summed E-state index contributed by atoms with van der Waals surface area (Å²) >= 11 is 0. The molecule has 0 saturated heterocycles. The topological polar surface area (TPSA) is 92.9 Å². The molecule has 0 aliphatic heterocycles. The summed E-state index contributed by atoms with van der Waals surface area (Å²) in [5.74, 6) is 0.148. The molecule has 0 aliphatic rings. The summed E-state index contributed by atoms with van der Waals surface area (Å²) in [4.78, 5) is 25.0. The SMILES string of the molecule is CCC(C)(C)Nc1c(N)n(C)c(=O)[nH]c1=O. The number of anilines is 2. The molecule has 4 N–H and O–H groups in total. The quantitative estimate of drug-likeness (QED) is 0.689. The van der Waals surface area contributed by atoms with Crippen molar-refractivity contribution < 1.29 is 0 Å². The number of aromatic amines is 1. The summed E-state index contributed by atoms with van der Waals surface area (Å²) < 4.78 is 1.20. The predicted octanol–water partition coefficient (Wildman–Crippen LogP) is 0.256. The van der Waals surface area contributed by atoms with Crippen LogP contribution in [0.15, 0.2) is 9.59 Å². The van der Waals surface area contributed by atoms with E-state index in [1.54, 1.807) is 0 Å². The Labute approximate surface area is 93.5 Å². The zero-order valence-electron chi connectivity index (χ0n) is 10.0. The highest BCUT2D eigenvalue weighted by atomic mass is 16.2. The standard InChI is InChI=1S/C10H18N4O2/c1-5-10(2,3)13-6-7(11)14(4)9(16)12-8(6)15/h13H,5,11H2,1-4H3,(H,12,15,16). The monoisotopic (exact) mass is 226 g/mol. The second-order valence-electron chi connectivity index (χ2n) is 4.44. The Morgan fingerprint density at radius 3 is 2.50 bits per heavy atom. The van der Waals surface area contributed by atoms with Crippen LogP contribution in [0, 0.1) is 0 Å². The van der Waals surface area contributed by atoms with Gasteiger partial charge in [-0.15, -0.1) is 0 Å². The van der Waals surface area contributed by atoms with E-state index >= 15 is 0 Å². The lowest BCUT2D eigenvalue weighted by molar-refractivity contribution is 0.545. The lowest BCUT2D eigenvalue weighted by Gasteiger charge is -2.26. The zero-order valence-corrected chi connectivity index (χ0v) is 10.0. The van der Waals surface area contributed by atoms with Crippen LogP contribution in [0.5, 0.6) is 0 Å². The Balaban J connectivity index is 3.31. The van der Waals surface area contributed by atoms with Crippen LogP contribution in [0.25, 0.3) is 0 Å². The molecular weight excluding hydrogens is 208 g/mol. The van der Waals surface area contributed by atoms with Crippen LogP contribution in [-0.4, -0.2) is 15.1 Å². The van der Waals surface area contributed by atoms with Crippen LogP contribution in [0.3, 0.4) is 0 Å². The summed E-state index contributed by atoms with van der Waals surface area (Å²) in [5.41, 5.74) is 4.72. The van der Waals surface area contributed by atoms with Gasteiger partial charge < -0.3 is 11.1 Å². The van der Waals surface area contributed by atoms with E-state index in [1.807, 2.05) is 20.8 Å². The van der Waals surface area contributed by atoms with Gasteiger partial charge >= 0.3 is 5.69 Å². The van der Waals surface area contributed by atoms with Gasteiger partial charge in [0.15, 0.2) is 0 Å². The normalized spacial score (nSPS) is 11.5. The minimum atomic E-state index is -0.512. The third-order valence-electron chi connectivity index (χ3n) is 2.72. The molecular formula is C10H18N4O2. The molecule has 6 nitrogen and oxygen atoms in total. The molecule has 1 aromatic heterocycles. The Morgan fingerprint density at radius 2 is 2.00 bits per heavy atom. The fraction of sp³-hybridized carbons (Fsp3) is 0.600. The molecule has 1 aromatic rings. The highest BCUT2D eigenvalue weighted by Crippen LogP contribution is 2.18. The molecule has 0 unspecified atom stereocenters. The first kappa shape index (κ1) is 12.4. The van der Waals surface area contributed by atoms with Crippen LogP contribution < -0.4 is 22.3 Å². The minimum absolute atomic E-state index is 0.148. The number of nitrogens with two attached hydrogens (primary N) is 1. The summed E-state index contributed by atoms with van der Waals surface area (Å²) in [7, 11) is 1.51. The van der Waals surface area contributed by atoms with Gasteiger partial charge in [-0.1, -0.05) is 6.92 Å². The number of nitrogens with zero attached hydrogens (tertiary/aromatic N) is 1. The van der Waals surface area contributed by atoms with E-state index < -0.39 is 11.2 Å². The van der Waals surface area contributed by atoms with E-state index in [9.17, 15) is 9.59 Å². The maximum absolute atomic E-state index is 11.6. The number of H-pyrrole nitrogens is 1. The zero-order chi connectivity index (χ0) is 12.5. The Hall–Kier alpha value is -1.72. The molecule has 0 aliphatic carbocycles. The second-order valence-corrected chi connectivity index (χ2v) is 4.44. The molecule has 1 rings (SSSR count). The summed E-state index contributed by atoms with van der Waals surface area (Å²) in [5, 5.41) is 3.04. The van der Waals surface area contributed by atoms with Crippen LogP contribution in [0.1, 0.15) is 27.2 Å². The van der Waals surface area contributed by atoms with E-state index in [2.05, 4.69) is 10.3 Å². The van der Waals surface area contributed by atoms with Gasteiger partial charge in [-0.05, 0) is 20.3 Å². The van der Waals surface area contributed by atoms with Gasteiger partial charge in [-0.2, -0.15) is 0 Å². The fourth-order valence-electron chi connectivity index (χ4n) is 1.18. The van der Waals surface area contributed by atoms with E-state index in [4.69, 9.17) is 5.73 Å². The Bertz CT molecular complexity index is 499. The van der Waals surface area contributed by atoms with Crippen LogP contribution in [0.4, 0.5) is 11.5 Å². The van der Waals surface area contributed by atoms with Crippen molar-refractivity contribution in [2.24, 2.45) is 7.05 Å². The molecule has 6 heteroatoms. The molecule has 0 bridgehead atoms. The van der Waals surface area contributed by atoms with Crippen molar-refractivity contribution in [1.29, 1.82) is 0 Å². The molecule has 0 saturated carbocycles. The Kier molecular flexibility index (Phi) is 3.11. The first-order chi connectivity index (χ1) is 7.28. The molecule has 0 fully saturated rings. The first-order valence-electron chi connectivity index (χ1n) is 5.15. The van der Waals surface area contributed by atoms with Crippen LogP contribution in [-0.2, 0) is 7.05 Å². The second kappa shape index (κ2) is 4.03. The number of nitrogens with one attached hydrogen (secondary N) is 2. The number of rotatable bonds is 3. The van der Waals surface area contributed by atoms with Gasteiger partial charge in [0.2, 0.25) is 0 Å². The van der Waals surface area contributed by atoms with Gasteiger partial charge in [0.1, 0.15) is 11.5 Å². The largest absolute Gasteiger partial charge is 0.383 e. The summed E-state index contributed by atoms with van der Waals surface area (Å²) in [6, 6.07) is 0. The van der Waals surface area contributed by atoms with Gasteiger partial charge in [0.05, 0.1) is 0 Å². The molecule has 0 spiro atoms. The maximum atomic E-state index is 11.6. The lowest BCUT2D eigenvalue weighted by atomic mass is 10.0. The molecule has 90 valence electrons. The smallest absolute Gasteiger partial charge is 0.329 e. The average Bonchev–Trinajstić information content (AvgIpc) is 2.21. The molecule has 16 heavy (non-hydrogen) atoms. The van der Waals surface area contributed by atoms with Crippen molar-refractivity contribution in [3.05, 3.63) is 20.8 Å². The number of hydrogen-bond donors (Lipinski definition) is 3. The van der Waals surface area contributed by atoms with Gasteiger partial charge in [-0.25, -0.2) is 4.79 Å². The first-order valence-corrected chi connectivity index (χ1v) is 5.15. The average molecular weight is 226 g/mol. The van der Waals surface area contributed by atoms with Gasteiger partial charge in [0, 0.05) is 12.6 Å². The summed E-state index contributed by atoms with van der Waals surface area (Å²) in [6.45, 7) is 5.91. The molecule has 0 atom stereocenters. The van der Waals surface area contributed by atoms with Gasteiger partial charge in [-0.3, -0.25) is 14.3 Å². The number of nitrogen functional groups attached to an aromatic ring is 1.